The van der Waals surface area contributed by atoms with Crippen LogP contribution in [-0.2, 0) is 0 Å². The van der Waals surface area contributed by atoms with Crippen LogP contribution in [0.1, 0.15) is 0 Å². The Morgan fingerprint density at radius 3 is 3.00 bits per heavy atom. The maximum absolute atomic E-state index is 10.6. The SMILES string of the molecule is NC(=O)Nc1ncc(-c2ccncn2)s1. The average Bonchev–Trinajstić information content (AvgIpc) is 2.67. The minimum atomic E-state index is -0.626. The Hall–Kier alpha value is -2.02. The van der Waals surface area contributed by atoms with Gasteiger partial charge in [-0.3, -0.25) is 5.32 Å². The van der Waals surface area contributed by atoms with Crippen LogP contribution in [0.3, 0.4) is 0 Å². The maximum atomic E-state index is 10.6. The second kappa shape index (κ2) is 4.01. The number of carbonyl (C=O) groups excluding carboxylic acids is 1. The summed E-state index contributed by atoms with van der Waals surface area (Å²) in [5.74, 6) is 0. The Balaban J connectivity index is 2.24. The summed E-state index contributed by atoms with van der Waals surface area (Å²) in [7, 11) is 0. The van der Waals surface area contributed by atoms with E-state index in [1.807, 2.05) is 0 Å². The Morgan fingerprint density at radius 2 is 2.33 bits per heavy atom. The van der Waals surface area contributed by atoms with Crippen LogP contribution in [0.5, 0.6) is 0 Å². The van der Waals surface area contributed by atoms with Gasteiger partial charge in [0.15, 0.2) is 5.13 Å². The van der Waals surface area contributed by atoms with Crippen molar-refractivity contribution in [2.75, 3.05) is 5.32 Å². The predicted octanol–water partition coefficient (Wildman–Crippen LogP) is 1.09. The van der Waals surface area contributed by atoms with Crippen LogP contribution in [0.25, 0.3) is 10.6 Å². The van der Waals surface area contributed by atoms with Crippen LogP contribution in [0.2, 0.25) is 0 Å². The van der Waals surface area contributed by atoms with E-state index in [1.54, 1.807) is 18.5 Å². The lowest BCUT2D eigenvalue weighted by Crippen LogP contribution is -2.18. The number of hydrogen-bond donors (Lipinski definition) is 2. The van der Waals surface area contributed by atoms with Crippen LogP contribution in [0.15, 0.2) is 24.8 Å². The molecule has 7 heteroatoms. The number of carbonyl (C=O) groups is 1. The van der Waals surface area contributed by atoms with Gasteiger partial charge in [0.05, 0.1) is 10.6 Å². The average molecular weight is 221 g/mol. The van der Waals surface area contributed by atoms with Gasteiger partial charge in [-0.2, -0.15) is 0 Å². The number of nitrogens with zero attached hydrogens (tertiary/aromatic N) is 3. The molecule has 0 radical (unpaired) electrons. The number of nitrogens with two attached hydrogens (primary N) is 1. The molecule has 2 heterocycles. The van der Waals surface area contributed by atoms with Crippen molar-refractivity contribution in [1.82, 2.24) is 15.0 Å². The Morgan fingerprint density at radius 1 is 1.47 bits per heavy atom. The summed E-state index contributed by atoms with van der Waals surface area (Å²) in [4.78, 5) is 23.3. The lowest BCUT2D eigenvalue weighted by atomic mass is 10.4. The lowest BCUT2D eigenvalue weighted by molar-refractivity contribution is 0.259. The minimum Gasteiger partial charge on any atom is -0.351 e. The summed E-state index contributed by atoms with van der Waals surface area (Å²) in [6.45, 7) is 0. The molecule has 0 saturated carbocycles. The molecule has 0 fully saturated rings. The van der Waals surface area contributed by atoms with Crippen molar-refractivity contribution in [2.24, 2.45) is 5.73 Å². The molecule has 2 aromatic rings. The smallest absolute Gasteiger partial charge is 0.318 e. The highest BCUT2D eigenvalue weighted by molar-refractivity contribution is 7.19. The second-order valence-electron chi connectivity index (χ2n) is 2.61. The Kier molecular flexibility index (Phi) is 2.55. The topological polar surface area (TPSA) is 93.8 Å². The fraction of sp³-hybridized carbons (Fsp3) is 0. The summed E-state index contributed by atoms with van der Waals surface area (Å²) >= 11 is 1.30. The molecule has 0 atom stereocenters. The first-order valence-corrected chi connectivity index (χ1v) is 4.86. The molecule has 15 heavy (non-hydrogen) atoms. The molecule has 0 aromatic carbocycles. The van der Waals surface area contributed by atoms with Crippen LogP contribution in [-0.4, -0.2) is 21.0 Å². The fourth-order valence-corrected chi connectivity index (χ4v) is 1.79. The van der Waals surface area contributed by atoms with E-state index in [0.29, 0.717) is 5.13 Å². The lowest BCUT2D eigenvalue weighted by Gasteiger charge is -1.93. The van der Waals surface area contributed by atoms with Crippen molar-refractivity contribution in [1.29, 1.82) is 0 Å². The van der Waals surface area contributed by atoms with Crippen LogP contribution < -0.4 is 11.1 Å². The monoisotopic (exact) mass is 221 g/mol. The van der Waals surface area contributed by atoms with E-state index in [0.717, 1.165) is 10.6 Å². The number of thiazole rings is 1. The van der Waals surface area contributed by atoms with Gasteiger partial charge >= 0.3 is 6.03 Å². The number of primary amides is 1. The zero-order valence-electron chi connectivity index (χ0n) is 7.54. The largest absolute Gasteiger partial charge is 0.351 e. The quantitative estimate of drug-likeness (QED) is 0.793. The van der Waals surface area contributed by atoms with Gasteiger partial charge in [0.1, 0.15) is 6.33 Å². The third-order valence-electron chi connectivity index (χ3n) is 1.57. The van der Waals surface area contributed by atoms with Gasteiger partial charge in [0.2, 0.25) is 0 Å². The van der Waals surface area contributed by atoms with Gasteiger partial charge < -0.3 is 5.73 Å². The van der Waals surface area contributed by atoms with Crippen molar-refractivity contribution in [3.8, 4) is 10.6 Å². The number of rotatable bonds is 2. The first-order valence-electron chi connectivity index (χ1n) is 4.04. The molecule has 2 amide bonds. The number of nitrogens with one attached hydrogen (secondary N) is 1. The molecule has 0 aliphatic heterocycles. The van der Waals surface area contributed by atoms with E-state index in [1.165, 1.54) is 17.7 Å². The first-order chi connectivity index (χ1) is 7.25. The summed E-state index contributed by atoms with van der Waals surface area (Å²) in [6, 6.07) is 1.14. The highest BCUT2D eigenvalue weighted by Gasteiger charge is 2.05. The summed E-state index contributed by atoms with van der Waals surface area (Å²) in [6.07, 6.45) is 4.72. The summed E-state index contributed by atoms with van der Waals surface area (Å²) < 4.78 is 0. The highest BCUT2D eigenvalue weighted by atomic mass is 32.1. The highest BCUT2D eigenvalue weighted by Crippen LogP contribution is 2.26. The van der Waals surface area contributed by atoms with Crippen LogP contribution >= 0.6 is 11.3 Å². The minimum absolute atomic E-state index is 0.455. The van der Waals surface area contributed by atoms with Gasteiger partial charge in [0, 0.05) is 12.4 Å². The number of anilines is 1. The van der Waals surface area contributed by atoms with E-state index in [2.05, 4.69) is 20.3 Å². The van der Waals surface area contributed by atoms with E-state index in [9.17, 15) is 4.79 Å². The Labute approximate surface area is 89.2 Å². The molecular formula is C8H7N5OS. The van der Waals surface area contributed by atoms with Gasteiger partial charge in [-0.15, -0.1) is 0 Å². The predicted molar refractivity (Wildman–Crippen MR) is 56.3 cm³/mol. The molecule has 0 unspecified atom stereocenters. The van der Waals surface area contributed by atoms with Crippen molar-refractivity contribution in [3.05, 3.63) is 24.8 Å². The summed E-state index contributed by atoms with van der Waals surface area (Å²) in [5, 5.41) is 2.85. The van der Waals surface area contributed by atoms with Crippen LogP contribution in [0, 0.1) is 0 Å². The normalized spacial score (nSPS) is 9.87. The molecule has 0 spiro atoms. The zero-order valence-corrected chi connectivity index (χ0v) is 8.36. The van der Waals surface area contributed by atoms with E-state index in [-0.39, 0.29) is 0 Å². The molecule has 0 bridgehead atoms. The molecule has 2 aromatic heterocycles. The van der Waals surface area contributed by atoms with E-state index in [4.69, 9.17) is 5.73 Å². The zero-order chi connectivity index (χ0) is 10.7. The van der Waals surface area contributed by atoms with Crippen molar-refractivity contribution in [3.63, 3.8) is 0 Å². The molecule has 6 nitrogen and oxygen atoms in total. The number of urea groups is 1. The standard InChI is InChI=1S/C8H7N5OS/c9-7(14)13-8-11-3-6(15-8)5-1-2-10-4-12-5/h1-4H,(H3,9,11,13,14). The molecule has 3 N–H and O–H groups in total. The van der Waals surface area contributed by atoms with Gasteiger partial charge in [-0.05, 0) is 6.07 Å². The Bertz CT molecular complexity index is 469. The molecule has 0 aliphatic carbocycles. The van der Waals surface area contributed by atoms with Gasteiger partial charge in [-0.25, -0.2) is 19.7 Å². The molecule has 76 valence electrons. The second-order valence-corrected chi connectivity index (χ2v) is 3.64. The van der Waals surface area contributed by atoms with Gasteiger partial charge in [0.25, 0.3) is 0 Å². The fourth-order valence-electron chi connectivity index (χ4n) is 0.992. The molecule has 0 saturated heterocycles. The first kappa shape index (κ1) is 9.53. The van der Waals surface area contributed by atoms with Gasteiger partial charge in [-0.1, -0.05) is 11.3 Å². The van der Waals surface area contributed by atoms with Crippen LogP contribution in [0.4, 0.5) is 9.93 Å². The van der Waals surface area contributed by atoms with E-state index >= 15 is 0 Å². The summed E-state index contributed by atoms with van der Waals surface area (Å²) in [5.41, 5.74) is 5.73. The number of hydrogen-bond acceptors (Lipinski definition) is 5. The number of amides is 2. The molecular weight excluding hydrogens is 214 g/mol. The number of aromatic nitrogens is 3. The van der Waals surface area contributed by atoms with Crippen molar-refractivity contribution in [2.45, 2.75) is 0 Å². The van der Waals surface area contributed by atoms with Crippen molar-refractivity contribution >= 4 is 22.5 Å². The third kappa shape index (κ3) is 2.26. The third-order valence-corrected chi connectivity index (χ3v) is 2.51. The van der Waals surface area contributed by atoms with Crippen molar-refractivity contribution < 1.29 is 4.79 Å². The molecule has 0 aliphatic rings. The maximum Gasteiger partial charge on any atom is 0.318 e. The molecule has 2 rings (SSSR count). The van der Waals surface area contributed by atoms with E-state index < -0.39 is 6.03 Å².